The van der Waals surface area contributed by atoms with Crippen molar-refractivity contribution < 1.29 is 18.7 Å². The van der Waals surface area contributed by atoms with Gasteiger partial charge in [-0.1, -0.05) is 23.7 Å². The highest BCUT2D eigenvalue weighted by Crippen LogP contribution is 2.28. The van der Waals surface area contributed by atoms with Crippen LogP contribution in [0.15, 0.2) is 49.1 Å². The van der Waals surface area contributed by atoms with E-state index in [1.165, 1.54) is 19.2 Å². The zero-order chi connectivity index (χ0) is 17.5. The summed E-state index contributed by atoms with van der Waals surface area (Å²) in [7, 11) is 1.52. The molecule has 6 heteroatoms. The molecule has 0 radical (unpaired) electrons. The number of allylic oxidation sites excluding steroid dienone is 1. The minimum Gasteiger partial charge on any atom is -0.493 e. The minimum absolute atomic E-state index is 0.0429. The molecule has 0 saturated carbocycles. The van der Waals surface area contributed by atoms with Crippen LogP contribution in [0.3, 0.4) is 0 Å². The number of amides is 1. The quantitative estimate of drug-likeness (QED) is 0.761. The Morgan fingerprint density at radius 3 is 2.75 bits per heavy atom. The summed E-state index contributed by atoms with van der Waals surface area (Å²) in [5.41, 5.74) is 1.06. The predicted octanol–water partition coefficient (Wildman–Crippen LogP) is 4.23. The first-order valence-electron chi connectivity index (χ1n) is 7.19. The van der Waals surface area contributed by atoms with Gasteiger partial charge in [-0.3, -0.25) is 4.79 Å². The highest BCUT2D eigenvalue weighted by molar-refractivity contribution is 6.30. The molecule has 0 aliphatic rings. The monoisotopic (exact) mass is 349 g/mol. The number of methoxy groups -OCH3 is 1. The maximum atomic E-state index is 13.6. The molecule has 0 aliphatic carbocycles. The van der Waals surface area contributed by atoms with E-state index in [1.807, 2.05) is 12.1 Å². The van der Waals surface area contributed by atoms with Crippen molar-refractivity contribution in [3.63, 3.8) is 0 Å². The van der Waals surface area contributed by atoms with Gasteiger partial charge in [-0.15, -0.1) is 6.58 Å². The normalized spacial score (nSPS) is 10.1. The lowest BCUT2D eigenvalue weighted by Gasteiger charge is -2.12. The average Bonchev–Trinajstić information content (AvgIpc) is 2.56. The van der Waals surface area contributed by atoms with Crippen molar-refractivity contribution in [1.29, 1.82) is 0 Å². The second kappa shape index (κ2) is 8.36. The minimum atomic E-state index is -0.609. The van der Waals surface area contributed by atoms with E-state index in [4.69, 9.17) is 21.1 Å². The Balaban J connectivity index is 1.99. The van der Waals surface area contributed by atoms with Crippen molar-refractivity contribution >= 4 is 23.2 Å². The van der Waals surface area contributed by atoms with E-state index in [2.05, 4.69) is 11.9 Å². The molecular formula is C18H17ClFNO3. The molecule has 0 aliphatic heterocycles. The Labute approximate surface area is 144 Å². The van der Waals surface area contributed by atoms with E-state index in [0.29, 0.717) is 17.9 Å². The highest BCUT2D eigenvalue weighted by Gasteiger charge is 2.11. The third-order valence-corrected chi connectivity index (χ3v) is 3.41. The molecule has 1 amide bonds. The summed E-state index contributed by atoms with van der Waals surface area (Å²) < 4.78 is 24.3. The van der Waals surface area contributed by atoms with E-state index in [1.54, 1.807) is 12.1 Å². The first kappa shape index (κ1) is 17.8. The first-order chi connectivity index (χ1) is 11.5. The van der Waals surface area contributed by atoms with E-state index < -0.39 is 11.7 Å². The van der Waals surface area contributed by atoms with Crippen molar-refractivity contribution in [1.82, 2.24) is 0 Å². The third kappa shape index (κ3) is 4.73. The maximum absolute atomic E-state index is 13.6. The molecule has 126 valence electrons. The lowest BCUT2D eigenvalue weighted by molar-refractivity contribution is -0.118. The first-order valence-corrected chi connectivity index (χ1v) is 7.56. The van der Waals surface area contributed by atoms with Gasteiger partial charge in [0.05, 0.1) is 12.8 Å². The van der Waals surface area contributed by atoms with Crippen LogP contribution in [0.4, 0.5) is 10.1 Å². The zero-order valence-electron chi connectivity index (χ0n) is 13.1. The molecular weight excluding hydrogens is 333 g/mol. The number of hydrogen-bond acceptors (Lipinski definition) is 3. The molecule has 1 N–H and O–H groups in total. The van der Waals surface area contributed by atoms with Crippen LogP contribution < -0.4 is 14.8 Å². The summed E-state index contributed by atoms with van der Waals surface area (Å²) in [6, 6.07) is 9.39. The molecule has 4 nitrogen and oxygen atoms in total. The van der Waals surface area contributed by atoms with Crippen molar-refractivity contribution in [2.45, 2.75) is 6.42 Å². The third-order valence-electron chi connectivity index (χ3n) is 3.17. The molecule has 2 aromatic carbocycles. The number of nitrogens with one attached hydrogen (secondary N) is 1. The van der Waals surface area contributed by atoms with Crippen LogP contribution in [0.2, 0.25) is 5.02 Å². The van der Waals surface area contributed by atoms with Crippen LogP contribution in [-0.2, 0) is 11.2 Å². The van der Waals surface area contributed by atoms with Gasteiger partial charge in [0.25, 0.3) is 5.91 Å². The average molecular weight is 350 g/mol. The van der Waals surface area contributed by atoms with Gasteiger partial charge in [0.15, 0.2) is 18.1 Å². The van der Waals surface area contributed by atoms with Gasteiger partial charge in [0, 0.05) is 5.02 Å². The zero-order valence-corrected chi connectivity index (χ0v) is 13.9. The number of carbonyl (C=O) groups is 1. The molecule has 0 fully saturated rings. The molecule has 0 atom stereocenters. The second-order valence-corrected chi connectivity index (χ2v) is 5.38. The SMILES string of the molecule is C=CCc1ccc(OCC(=O)Nc2ccc(Cl)cc2F)c(OC)c1. The summed E-state index contributed by atoms with van der Waals surface area (Å²) in [5.74, 6) is -0.160. The Morgan fingerprint density at radius 1 is 1.29 bits per heavy atom. The Bertz CT molecular complexity index is 749. The Hall–Kier alpha value is -2.53. The lowest BCUT2D eigenvalue weighted by atomic mass is 10.1. The number of rotatable bonds is 7. The van der Waals surface area contributed by atoms with Crippen molar-refractivity contribution in [2.24, 2.45) is 0 Å². The van der Waals surface area contributed by atoms with E-state index in [0.717, 1.165) is 11.6 Å². The number of halogens is 2. The van der Waals surface area contributed by atoms with Crippen LogP contribution >= 0.6 is 11.6 Å². The summed E-state index contributed by atoms with van der Waals surface area (Å²) in [6.07, 6.45) is 2.48. The topological polar surface area (TPSA) is 47.6 Å². The Morgan fingerprint density at radius 2 is 2.08 bits per heavy atom. The molecule has 0 spiro atoms. The van der Waals surface area contributed by atoms with Crippen molar-refractivity contribution in [3.8, 4) is 11.5 Å². The molecule has 24 heavy (non-hydrogen) atoms. The van der Waals surface area contributed by atoms with Gasteiger partial charge in [0.1, 0.15) is 5.82 Å². The van der Waals surface area contributed by atoms with Crippen LogP contribution in [0.1, 0.15) is 5.56 Å². The lowest BCUT2D eigenvalue weighted by Crippen LogP contribution is -2.21. The molecule has 0 unspecified atom stereocenters. The van der Waals surface area contributed by atoms with Crippen LogP contribution in [0, 0.1) is 5.82 Å². The Kier molecular flexibility index (Phi) is 6.21. The number of hydrogen-bond donors (Lipinski definition) is 1. The fraction of sp³-hybridized carbons (Fsp3) is 0.167. The van der Waals surface area contributed by atoms with Gasteiger partial charge in [-0.2, -0.15) is 0 Å². The number of benzene rings is 2. The fourth-order valence-corrected chi connectivity index (χ4v) is 2.20. The standard InChI is InChI=1S/C18H17ClFNO3/c1-3-4-12-5-8-16(17(9-12)23-2)24-11-18(22)21-15-7-6-13(19)10-14(15)20/h3,5-10H,1,4,11H2,2H3,(H,21,22). The summed E-state index contributed by atoms with van der Waals surface area (Å²) in [4.78, 5) is 11.9. The largest absolute Gasteiger partial charge is 0.493 e. The second-order valence-electron chi connectivity index (χ2n) is 4.94. The predicted molar refractivity (Wildman–Crippen MR) is 92.4 cm³/mol. The summed E-state index contributed by atoms with van der Waals surface area (Å²) >= 11 is 5.67. The fourth-order valence-electron chi connectivity index (χ4n) is 2.05. The highest BCUT2D eigenvalue weighted by atomic mass is 35.5. The van der Waals surface area contributed by atoms with Gasteiger partial charge in [0.2, 0.25) is 0 Å². The van der Waals surface area contributed by atoms with Gasteiger partial charge in [-0.05, 0) is 42.3 Å². The molecule has 2 rings (SSSR count). The van der Waals surface area contributed by atoms with Gasteiger partial charge >= 0.3 is 0 Å². The van der Waals surface area contributed by atoms with Crippen molar-refractivity contribution in [3.05, 3.63) is 65.5 Å². The van der Waals surface area contributed by atoms with Gasteiger partial charge in [-0.25, -0.2) is 4.39 Å². The summed E-state index contributed by atoms with van der Waals surface area (Å²) in [5, 5.41) is 2.68. The van der Waals surface area contributed by atoms with E-state index >= 15 is 0 Å². The van der Waals surface area contributed by atoms with Crippen molar-refractivity contribution in [2.75, 3.05) is 19.0 Å². The number of anilines is 1. The van der Waals surface area contributed by atoms with Gasteiger partial charge < -0.3 is 14.8 Å². The van der Waals surface area contributed by atoms with Crippen LogP contribution in [-0.4, -0.2) is 19.6 Å². The molecule has 0 saturated heterocycles. The number of ether oxygens (including phenoxy) is 2. The van der Waals surface area contributed by atoms with E-state index in [9.17, 15) is 9.18 Å². The molecule has 0 heterocycles. The number of carbonyl (C=O) groups excluding carboxylic acids is 1. The van der Waals surface area contributed by atoms with E-state index in [-0.39, 0.29) is 17.3 Å². The van der Waals surface area contributed by atoms with Crippen LogP contribution in [0.25, 0.3) is 0 Å². The van der Waals surface area contributed by atoms with Crippen LogP contribution in [0.5, 0.6) is 11.5 Å². The maximum Gasteiger partial charge on any atom is 0.262 e. The molecule has 2 aromatic rings. The smallest absolute Gasteiger partial charge is 0.262 e. The molecule has 0 bridgehead atoms. The summed E-state index contributed by atoms with van der Waals surface area (Å²) in [6.45, 7) is 3.40. The molecule has 0 aromatic heterocycles.